The number of benzene rings is 1. The molecule has 3 aliphatic heterocycles. The van der Waals surface area contributed by atoms with Crippen molar-refractivity contribution in [3.8, 4) is 0 Å². The van der Waals surface area contributed by atoms with Crippen LogP contribution in [0.3, 0.4) is 0 Å². The lowest BCUT2D eigenvalue weighted by Gasteiger charge is -2.34. The number of nitrogens with zero attached hydrogens (tertiary/aromatic N) is 3. The van der Waals surface area contributed by atoms with Crippen molar-refractivity contribution in [1.82, 2.24) is 14.1 Å². The van der Waals surface area contributed by atoms with Gasteiger partial charge < -0.3 is 9.64 Å². The second-order valence-corrected chi connectivity index (χ2v) is 11.8. The standard InChI is InChI=1S/C25H39N3O4S/c1-20-6-7-23(33(30,31)28-11-4-3-5-21(28)2)19-24(20)25(29)27-13-9-22(10-14-27)8-12-26-15-17-32-18-16-26/h6-7,19,21-22H,3-5,8-18H2,1-2H3. The minimum atomic E-state index is -3.59. The summed E-state index contributed by atoms with van der Waals surface area (Å²) in [6.45, 7) is 10.7. The van der Waals surface area contributed by atoms with Crippen LogP contribution in [-0.2, 0) is 14.8 Å². The Labute approximate surface area is 199 Å². The van der Waals surface area contributed by atoms with Gasteiger partial charge in [0.05, 0.1) is 18.1 Å². The predicted molar refractivity (Wildman–Crippen MR) is 129 cm³/mol. The van der Waals surface area contributed by atoms with E-state index in [1.54, 1.807) is 22.5 Å². The normalized spacial score (nSPS) is 24.2. The van der Waals surface area contributed by atoms with Crippen LogP contribution in [0.5, 0.6) is 0 Å². The van der Waals surface area contributed by atoms with Gasteiger partial charge in [0, 0.05) is 44.3 Å². The number of sulfonamides is 1. The SMILES string of the molecule is Cc1ccc(S(=O)(=O)N2CCCCC2C)cc1C(=O)N1CCC(CCN2CCOCC2)CC1. The van der Waals surface area contributed by atoms with E-state index in [4.69, 9.17) is 4.74 Å². The molecule has 1 aromatic carbocycles. The van der Waals surface area contributed by atoms with Crippen LogP contribution in [-0.4, -0.2) is 87.0 Å². The van der Waals surface area contributed by atoms with E-state index in [-0.39, 0.29) is 16.8 Å². The molecule has 1 aromatic rings. The van der Waals surface area contributed by atoms with Crippen molar-refractivity contribution in [3.05, 3.63) is 29.3 Å². The average Bonchev–Trinajstić information content (AvgIpc) is 2.83. The number of rotatable bonds is 6. The molecule has 1 atom stereocenters. The van der Waals surface area contributed by atoms with Gasteiger partial charge in [-0.25, -0.2) is 8.42 Å². The average molecular weight is 478 g/mol. The third-order valence-electron chi connectivity index (χ3n) is 7.65. The minimum Gasteiger partial charge on any atom is -0.379 e. The Hall–Kier alpha value is -1.48. The van der Waals surface area contributed by atoms with Crippen LogP contribution in [0.4, 0.5) is 0 Å². The summed E-state index contributed by atoms with van der Waals surface area (Å²) in [7, 11) is -3.59. The molecule has 3 heterocycles. The zero-order chi connectivity index (χ0) is 23.4. The fourth-order valence-corrected chi connectivity index (χ4v) is 7.07. The Bertz CT molecular complexity index is 922. The van der Waals surface area contributed by atoms with E-state index in [0.717, 1.165) is 83.6 Å². The Morgan fingerprint density at radius 2 is 1.76 bits per heavy atom. The van der Waals surface area contributed by atoms with Gasteiger partial charge in [-0.05, 0) is 76.1 Å². The van der Waals surface area contributed by atoms with Crippen LogP contribution < -0.4 is 0 Å². The Balaban J connectivity index is 1.38. The molecular weight excluding hydrogens is 438 g/mol. The van der Waals surface area contributed by atoms with Gasteiger partial charge >= 0.3 is 0 Å². The molecule has 0 N–H and O–H groups in total. The molecular formula is C25H39N3O4S. The highest BCUT2D eigenvalue weighted by Gasteiger charge is 2.32. The molecule has 0 aliphatic carbocycles. The summed E-state index contributed by atoms with van der Waals surface area (Å²) in [5.74, 6) is 0.605. The predicted octanol–water partition coefficient (Wildman–Crippen LogP) is 3.13. The first-order valence-corrected chi connectivity index (χ1v) is 14.0. The largest absolute Gasteiger partial charge is 0.379 e. The van der Waals surface area contributed by atoms with Crippen LogP contribution in [0.1, 0.15) is 61.4 Å². The molecule has 3 saturated heterocycles. The van der Waals surface area contributed by atoms with Gasteiger partial charge in [-0.3, -0.25) is 9.69 Å². The van der Waals surface area contributed by atoms with E-state index in [1.807, 2.05) is 18.7 Å². The molecule has 0 radical (unpaired) electrons. The van der Waals surface area contributed by atoms with Crippen LogP contribution in [0.15, 0.2) is 23.1 Å². The van der Waals surface area contributed by atoms with E-state index in [9.17, 15) is 13.2 Å². The first-order valence-electron chi connectivity index (χ1n) is 12.6. The molecule has 1 unspecified atom stereocenters. The Morgan fingerprint density at radius 1 is 1.03 bits per heavy atom. The second kappa shape index (κ2) is 10.8. The quantitative estimate of drug-likeness (QED) is 0.630. The fraction of sp³-hybridized carbons (Fsp3) is 0.720. The first-order chi connectivity index (χ1) is 15.9. The number of ether oxygens (including phenoxy) is 1. The number of hydrogen-bond donors (Lipinski definition) is 0. The molecule has 8 heteroatoms. The maximum Gasteiger partial charge on any atom is 0.254 e. The highest BCUT2D eigenvalue weighted by molar-refractivity contribution is 7.89. The van der Waals surface area contributed by atoms with Crippen molar-refractivity contribution in [2.24, 2.45) is 5.92 Å². The number of amides is 1. The van der Waals surface area contributed by atoms with E-state index >= 15 is 0 Å². The molecule has 184 valence electrons. The number of morpholine rings is 1. The maximum atomic E-state index is 13.3. The van der Waals surface area contributed by atoms with Gasteiger partial charge in [0.25, 0.3) is 5.91 Å². The van der Waals surface area contributed by atoms with Gasteiger partial charge in [-0.2, -0.15) is 4.31 Å². The number of piperidine rings is 2. The molecule has 0 aromatic heterocycles. The number of carbonyl (C=O) groups excluding carboxylic acids is 1. The number of hydrogen-bond acceptors (Lipinski definition) is 5. The Kier molecular flexibility index (Phi) is 8.10. The number of likely N-dealkylation sites (tertiary alicyclic amines) is 1. The third kappa shape index (κ3) is 5.78. The van der Waals surface area contributed by atoms with E-state index in [1.165, 1.54) is 6.42 Å². The highest BCUT2D eigenvalue weighted by atomic mass is 32.2. The summed E-state index contributed by atoms with van der Waals surface area (Å²) in [5.41, 5.74) is 1.35. The summed E-state index contributed by atoms with van der Waals surface area (Å²) in [6, 6.07) is 5.05. The lowest BCUT2D eigenvalue weighted by Crippen LogP contribution is -2.42. The summed E-state index contributed by atoms with van der Waals surface area (Å²) < 4.78 is 33.6. The molecule has 0 saturated carbocycles. The molecule has 33 heavy (non-hydrogen) atoms. The topological polar surface area (TPSA) is 70.2 Å². The third-order valence-corrected chi connectivity index (χ3v) is 9.66. The molecule has 0 bridgehead atoms. The molecule has 7 nitrogen and oxygen atoms in total. The number of carbonyl (C=O) groups is 1. The van der Waals surface area contributed by atoms with E-state index in [2.05, 4.69) is 4.90 Å². The van der Waals surface area contributed by atoms with Crippen molar-refractivity contribution in [1.29, 1.82) is 0 Å². The van der Waals surface area contributed by atoms with Crippen molar-refractivity contribution < 1.29 is 17.9 Å². The molecule has 3 fully saturated rings. The van der Waals surface area contributed by atoms with E-state index < -0.39 is 10.0 Å². The van der Waals surface area contributed by atoms with E-state index in [0.29, 0.717) is 18.0 Å². The summed E-state index contributed by atoms with van der Waals surface area (Å²) >= 11 is 0. The maximum absolute atomic E-state index is 13.3. The number of aryl methyl sites for hydroxylation is 1. The fourth-order valence-electron chi connectivity index (χ4n) is 5.34. The zero-order valence-electron chi connectivity index (χ0n) is 20.2. The van der Waals surface area contributed by atoms with Crippen LogP contribution >= 0.6 is 0 Å². The molecule has 3 aliphatic rings. The monoisotopic (exact) mass is 477 g/mol. The van der Waals surface area contributed by atoms with Gasteiger partial charge in [-0.1, -0.05) is 12.5 Å². The van der Waals surface area contributed by atoms with Crippen molar-refractivity contribution in [3.63, 3.8) is 0 Å². The summed E-state index contributed by atoms with van der Waals surface area (Å²) in [6.07, 6.45) is 6.03. The smallest absolute Gasteiger partial charge is 0.254 e. The zero-order valence-corrected chi connectivity index (χ0v) is 21.0. The van der Waals surface area contributed by atoms with Crippen molar-refractivity contribution in [2.45, 2.75) is 63.3 Å². The van der Waals surface area contributed by atoms with Crippen molar-refractivity contribution >= 4 is 15.9 Å². The van der Waals surface area contributed by atoms with Gasteiger partial charge in [0.1, 0.15) is 0 Å². The van der Waals surface area contributed by atoms with Crippen LogP contribution in [0.2, 0.25) is 0 Å². The lowest BCUT2D eigenvalue weighted by molar-refractivity contribution is 0.0332. The van der Waals surface area contributed by atoms with Crippen molar-refractivity contribution in [2.75, 3.05) is 52.5 Å². The van der Waals surface area contributed by atoms with Crippen LogP contribution in [0, 0.1) is 12.8 Å². The van der Waals surface area contributed by atoms with Gasteiger partial charge in [-0.15, -0.1) is 0 Å². The van der Waals surface area contributed by atoms with Gasteiger partial charge in [0.2, 0.25) is 10.0 Å². The Morgan fingerprint density at radius 3 is 2.45 bits per heavy atom. The molecule has 0 spiro atoms. The minimum absolute atomic E-state index is 0.000644. The highest BCUT2D eigenvalue weighted by Crippen LogP contribution is 2.28. The molecule has 1 amide bonds. The van der Waals surface area contributed by atoms with Gasteiger partial charge in [0.15, 0.2) is 0 Å². The summed E-state index contributed by atoms with van der Waals surface area (Å²) in [4.78, 5) is 18.0. The lowest BCUT2D eigenvalue weighted by atomic mass is 9.92. The second-order valence-electron chi connectivity index (χ2n) is 9.92. The summed E-state index contributed by atoms with van der Waals surface area (Å²) in [5, 5.41) is 0. The first kappa shape index (κ1) is 24.6. The van der Waals surface area contributed by atoms with Crippen LogP contribution in [0.25, 0.3) is 0 Å². The molecule has 4 rings (SSSR count).